The Morgan fingerprint density at radius 3 is 2.60 bits per heavy atom. The number of hydrogen-bond donors (Lipinski definition) is 1. The van der Waals surface area contributed by atoms with Gasteiger partial charge in [0.25, 0.3) is 0 Å². The minimum atomic E-state index is 0.0740. The Hall–Kier alpha value is -1.59. The van der Waals surface area contributed by atoms with Gasteiger partial charge in [-0.3, -0.25) is 4.90 Å². The van der Waals surface area contributed by atoms with Crippen LogP contribution in [-0.2, 0) is 11.2 Å². The van der Waals surface area contributed by atoms with Crippen molar-refractivity contribution in [3.8, 4) is 0 Å². The fourth-order valence-corrected chi connectivity index (χ4v) is 3.12. The summed E-state index contributed by atoms with van der Waals surface area (Å²) in [6.45, 7) is 6.99. The summed E-state index contributed by atoms with van der Waals surface area (Å²) in [5.41, 5.74) is 1.38. The van der Waals surface area contributed by atoms with Crippen molar-refractivity contribution in [1.82, 2.24) is 15.1 Å². The zero-order chi connectivity index (χ0) is 17.3. The predicted octanol–water partition coefficient (Wildman–Crippen LogP) is 2.37. The average Bonchev–Trinajstić information content (AvgIpc) is 3.48. The number of ether oxygens (including phenoxy) is 1. The van der Waals surface area contributed by atoms with E-state index in [0.717, 1.165) is 64.7 Å². The van der Waals surface area contributed by atoms with Gasteiger partial charge in [-0.2, -0.15) is 0 Å². The van der Waals surface area contributed by atoms with Crippen LogP contribution in [0.25, 0.3) is 0 Å². The summed E-state index contributed by atoms with van der Waals surface area (Å²) in [6.07, 6.45) is 4.63. The molecule has 0 radical (unpaired) electrons. The van der Waals surface area contributed by atoms with Gasteiger partial charge >= 0.3 is 6.03 Å². The van der Waals surface area contributed by atoms with Crippen LogP contribution in [0.2, 0.25) is 0 Å². The number of amides is 2. The number of rotatable bonds is 9. The summed E-state index contributed by atoms with van der Waals surface area (Å²) < 4.78 is 5.59. The SMILES string of the molecule is O=C(NCCCOCC1CC1)N1CCN(CCc2ccccc2)CC1. The zero-order valence-corrected chi connectivity index (χ0v) is 15.2. The Morgan fingerprint density at radius 2 is 1.88 bits per heavy atom. The molecule has 0 aromatic heterocycles. The maximum atomic E-state index is 12.2. The molecule has 5 heteroatoms. The lowest BCUT2D eigenvalue weighted by molar-refractivity contribution is 0.119. The van der Waals surface area contributed by atoms with Crippen molar-refractivity contribution < 1.29 is 9.53 Å². The molecule has 2 amide bonds. The first-order chi connectivity index (χ1) is 12.3. The molecule has 2 fully saturated rings. The molecule has 1 N–H and O–H groups in total. The van der Waals surface area contributed by atoms with Crippen molar-refractivity contribution in [2.75, 3.05) is 52.5 Å². The van der Waals surface area contributed by atoms with Gasteiger partial charge in [0.1, 0.15) is 0 Å². The van der Waals surface area contributed by atoms with Gasteiger partial charge in [0.15, 0.2) is 0 Å². The van der Waals surface area contributed by atoms with Gasteiger partial charge in [-0.25, -0.2) is 4.79 Å². The molecule has 0 bridgehead atoms. The standard InChI is InChI=1S/C20H31N3O2/c24-20(21-10-4-16-25-17-19-7-8-19)23-14-12-22(13-15-23)11-9-18-5-2-1-3-6-18/h1-3,5-6,19H,4,7-17H2,(H,21,24). The van der Waals surface area contributed by atoms with Crippen LogP contribution in [0.3, 0.4) is 0 Å². The molecule has 5 nitrogen and oxygen atoms in total. The first-order valence-corrected chi connectivity index (χ1v) is 9.68. The molecule has 1 heterocycles. The molecule has 0 spiro atoms. The molecule has 138 valence electrons. The maximum absolute atomic E-state index is 12.2. The Bertz CT molecular complexity index is 511. The highest BCUT2D eigenvalue weighted by molar-refractivity contribution is 5.74. The van der Waals surface area contributed by atoms with Crippen molar-refractivity contribution in [1.29, 1.82) is 0 Å². The molecule has 1 aromatic carbocycles. The summed E-state index contributed by atoms with van der Waals surface area (Å²) in [6, 6.07) is 10.7. The third kappa shape index (κ3) is 6.67. The summed E-state index contributed by atoms with van der Waals surface area (Å²) in [5.74, 6) is 0.813. The lowest BCUT2D eigenvalue weighted by atomic mass is 10.1. The molecule has 3 rings (SSSR count). The highest BCUT2D eigenvalue weighted by Crippen LogP contribution is 2.28. The van der Waals surface area contributed by atoms with Crippen LogP contribution in [0.4, 0.5) is 4.79 Å². The number of carbonyl (C=O) groups is 1. The highest BCUT2D eigenvalue weighted by atomic mass is 16.5. The number of hydrogen-bond acceptors (Lipinski definition) is 3. The van der Waals surface area contributed by atoms with E-state index in [-0.39, 0.29) is 6.03 Å². The number of nitrogens with zero attached hydrogens (tertiary/aromatic N) is 2. The summed E-state index contributed by atoms with van der Waals surface area (Å²) in [5, 5.41) is 3.02. The van der Waals surface area contributed by atoms with Crippen LogP contribution in [0.15, 0.2) is 30.3 Å². The van der Waals surface area contributed by atoms with Crippen molar-refractivity contribution in [2.45, 2.75) is 25.7 Å². The van der Waals surface area contributed by atoms with Gasteiger partial charge in [-0.1, -0.05) is 30.3 Å². The summed E-state index contributed by atoms with van der Waals surface area (Å²) in [7, 11) is 0. The Kier molecular flexibility index (Phi) is 7.12. The van der Waals surface area contributed by atoms with Gasteiger partial charge in [0.05, 0.1) is 0 Å². The number of piperazine rings is 1. The van der Waals surface area contributed by atoms with Gasteiger partial charge in [-0.05, 0) is 37.2 Å². The molecule has 0 atom stereocenters. The molecule has 1 saturated carbocycles. The van der Waals surface area contributed by atoms with Gasteiger partial charge in [-0.15, -0.1) is 0 Å². The van der Waals surface area contributed by atoms with E-state index >= 15 is 0 Å². The summed E-state index contributed by atoms with van der Waals surface area (Å²) in [4.78, 5) is 16.6. The lowest BCUT2D eigenvalue weighted by Gasteiger charge is -2.34. The van der Waals surface area contributed by atoms with Crippen molar-refractivity contribution in [3.05, 3.63) is 35.9 Å². The third-order valence-corrected chi connectivity index (χ3v) is 5.01. The Labute approximate surface area is 151 Å². The zero-order valence-electron chi connectivity index (χ0n) is 15.2. The normalized spacial score (nSPS) is 18.3. The van der Waals surface area contributed by atoms with E-state index in [4.69, 9.17) is 4.74 Å². The first kappa shape index (κ1) is 18.2. The maximum Gasteiger partial charge on any atom is 0.317 e. The largest absolute Gasteiger partial charge is 0.381 e. The van der Waals surface area contributed by atoms with E-state index in [2.05, 4.69) is 40.5 Å². The molecular weight excluding hydrogens is 314 g/mol. The molecular formula is C20H31N3O2. The van der Waals surface area contributed by atoms with Crippen LogP contribution in [0.5, 0.6) is 0 Å². The lowest BCUT2D eigenvalue weighted by Crippen LogP contribution is -2.52. The number of carbonyl (C=O) groups excluding carboxylic acids is 1. The minimum Gasteiger partial charge on any atom is -0.381 e. The molecule has 0 unspecified atom stereocenters. The number of nitrogens with one attached hydrogen (secondary N) is 1. The van der Waals surface area contributed by atoms with Crippen molar-refractivity contribution >= 4 is 6.03 Å². The quantitative estimate of drug-likeness (QED) is 0.699. The van der Waals surface area contributed by atoms with Gasteiger partial charge < -0.3 is 15.0 Å². The Morgan fingerprint density at radius 1 is 1.12 bits per heavy atom. The van der Waals surface area contributed by atoms with Crippen LogP contribution >= 0.6 is 0 Å². The third-order valence-electron chi connectivity index (χ3n) is 5.01. The topological polar surface area (TPSA) is 44.8 Å². The van der Waals surface area contributed by atoms with E-state index in [9.17, 15) is 4.79 Å². The monoisotopic (exact) mass is 345 g/mol. The summed E-state index contributed by atoms with van der Waals surface area (Å²) >= 11 is 0. The van der Waals surface area contributed by atoms with Gasteiger partial charge in [0.2, 0.25) is 0 Å². The van der Waals surface area contributed by atoms with Crippen molar-refractivity contribution in [2.24, 2.45) is 5.92 Å². The van der Waals surface area contributed by atoms with Crippen LogP contribution in [0.1, 0.15) is 24.8 Å². The number of urea groups is 1. The smallest absolute Gasteiger partial charge is 0.317 e. The van der Waals surface area contributed by atoms with E-state index in [1.165, 1.54) is 18.4 Å². The molecule has 1 aliphatic carbocycles. The fraction of sp³-hybridized carbons (Fsp3) is 0.650. The second-order valence-electron chi connectivity index (χ2n) is 7.17. The molecule has 25 heavy (non-hydrogen) atoms. The van der Waals surface area contributed by atoms with Crippen LogP contribution in [0, 0.1) is 5.92 Å². The predicted molar refractivity (Wildman–Crippen MR) is 99.7 cm³/mol. The van der Waals surface area contributed by atoms with Crippen molar-refractivity contribution in [3.63, 3.8) is 0 Å². The number of benzene rings is 1. The molecule has 2 aliphatic rings. The molecule has 1 aromatic rings. The fourth-order valence-electron chi connectivity index (χ4n) is 3.12. The minimum absolute atomic E-state index is 0.0740. The molecule has 1 saturated heterocycles. The van der Waals surface area contributed by atoms with E-state index in [1.807, 2.05) is 4.90 Å². The Balaban J connectivity index is 1.23. The van der Waals surface area contributed by atoms with E-state index in [1.54, 1.807) is 0 Å². The first-order valence-electron chi connectivity index (χ1n) is 9.68. The average molecular weight is 345 g/mol. The molecule has 1 aliphatic heterocycles. The second kappa shape index (κ2) is 9.78. The highest BCUT2D eigenvalue weighted by Gasteiger charge is 2.21. The van der Waals surface area contributed by atoms with Crippen LogP contribution < -0.4 is 5.32 Å². The second-order valence-corrected chi connectivity index (χ2v) is 7.17. The van der Waals surface area contributed by atoms with Crippen LogP contribution in [-0.4, -0.2) is 68.3 Å². The van der Waals surface area contributed by atoms with E-state index < -0.39 is 0 Å². The van der Waals surface area contributed by atoms with E-state index in [0.29, 0.717) is 6.54 Å². The van der Waals surface area contributed by atoms with Gasteiger partial charge in [0, 0.05) is 52.5 Å².